The Morgan fingerprint density at radius 2 is 1.39 bits per heavy atom. The van der Waals surface area contributed by atoms with E-state index in [1.807, 2.05) is 43.9 Å². The molecule has 0 bridgehead atoms. The number of carboxylic acid groups (broad SMARTS) is 2. The first-order valence-corrected chi connectivity index (χ1v) is 22.3. The number of likely N-dealkylation sites (tertiary alicyclic amines) is 3. The van der Waals surface area contributed by atoms with Crippen molar-refractivity contribution in [2.24, 2.45) is 0 Å². The highest BCUT2D eigenvalue weighted by Gasteiger charge is 2.39. The molecule has 3 aliphatic heterocycles. The Morgan fingerprint density at radius 1 is 0.783 bits per heavy atom. The lowest BCUT2D eigenvalue weighted by atomic mass is 9.93. The third-order valence-electron chi connectivity index (χ3n) is 11.7. The van der Waals surface area contributed by atoms with Crippen LogP contribution in [0, 0.1) is 0 Å². The molecule has 3 aliphatic rings. The van der Waals surface area contributed by atoms with Crippen molar-refractivity contribution in [3.63, 3.8) is 0 Å². The number of carbonyl (C=O) groups excluding carboxylic acids is 3. The molecule has 17 nitrogen and oxygen atoms in total. The van der Waals surface area contributed by atoms with Gasteiger partial charge in [-0.1, -0.05) is 38.8 Å². The number of aliphatic carboxylic acids is 2. The Labute approximate surface area is 391 Å². The predicted octanol–water partition coefficient (Wildman–Crippen LogP) is 9.78. The number of nitrogens with zero attached hydrogens (tertiary/aromatic N) is 4. The molecule has 0 radical (unpaired) electrons. The zero-order chi connectivity index (χ0) is 50.3. The largest absolute Gasteiger partial charge is 0.490 e. The van der Waals surface area contributed by atoms with Crippen LogP contribution in [0.15, 0.2) is 57.5 Å². The highest BCUT2D eigenvalue weighted by atomic mass is 19.4. The summed E-state index contributed by atoms with van der Waals surface area (Å²) in [5.74, 6) is -4.15. The number of aromatic amines is 1. The zero-order valence-electron chi connectivity index (χ0n) is 38.0. The minimum absolute atomic E-state index is 0.164. The van der Waals surface area contributed by atoms with Crippen LogP contribution in [0.4, 0.5) is 47.4 Å². The molecule has 23 heteroatoms. The second kappa shape index (κ2) is 21.8. The molecule has 374 valence electrons. The number of hydrogen-bond donors (Lipinski definition) is 5. The number of furan rings is 1. The third-order valence-corrected chi connectivity index (χ3v) is 11.7. The first kappa shape index (κ1) is 51.8. The first-order valence-electron chi connectivity index (χ1n) is 22.3. The molecule has 2 aromatic carbocycles. The van der Waals surface area contributed by atoms with Gasteiger partial charge in [0.25, 0.3) is 0 Å². The minimum Gasteiger partial charge on any atom is -0.475 e. The number of hydrogen-bond acceptors (Lipinski definition) is 11. The van der Waals surface area contributed by atoms with Crippen LogP contribution in [0.3, 0.4) is 0 Å². The van der Waals surface area contributed by atoms with Gasteiger partial charge in [0.15, 0.2) is 11.6 Å². The Kier molecular flexibility index (Phi) is 16.3. The van der Waals surface area contributed by atoms with E-state index in [4.69, 9.17) is 33.5 Å². The molecular weight excluding hydrogens is 925 g/mol. The van der Waals surface area contributed by atoms with Gasteiger partial charge in [0, 0.05) is 64.7 Å². The number of carbonyl (C=O) groups is 5. The van der Waals surface area contributed by atoms with Crippen LogP contribution in [0.5, 0.6) is 5.75 Å². The molecule has 0 spiro atoms. The van der Waals surface area contributed by atoms with Crippen LogP contribution in [0.25, 0.3) is 21.9 Å². The fourth-order valence-corrected chi connectivity index (χ4v) is 8.15. The summed E-state index contributed by atoms with van der Waals surface area (Å²) in [6, 6.07) is 14.2. The van der Waals surface area contributed by atoms with E-state index in [9.17, 15) is 40.7 Å². The Bertz CT molecular complexity index is 2590. The van der Waals surface area contributed by atoms with E-state index < -0.39 is 30.3 Å². The van der Waals surface area contributed by atoms with Gasteiger partial charge in [-0.2, -0.15) is 26.3 Å². The van der Waals surface area contributed by atoms with Crippen molar-refractivity contribution in [2.45, 2.75) is 102 Å². The summed E-state index contributed by atoms with van der Waals surface area (Å²) in [7, 11) is 0. The molecule has 0 aliphatic carbocycles. The van der Waals surface area contributed by atoms with Crippen LogP contribution in [-0.4, -0.2) is 123 Å². The lowest BCUT2D eigenvalue weighted by molar-refractivity contribution is -0.193. The summed E-state index contributed by atoms with van der Waals surface area (Å²) in [5.41, 5.74) is 2.84. The van der Waals surface area contributed by atoms with Gasteiger partial charge in [-0.3, -0.25) is 15.0 Å². The standard InChI is InChI=1S/C42H51N7O6.2C2HF3O2/c1-42(2,3)37-25-38(46-55-37)45-40(51)43-28-10-12-34-27(22-28)23-36(53-34)39(50)33-24-30-31(26-47-16-6-4-7-17-47)35(13-11-32(30)44-33)54-41(52)49-20-14-29(15-21-49)48-18-8-5-9-19-48;2*3-2(4,5)1(6)7/h10-13,22-25,29,44H,4-9,14-21,26H2,1-3H3,(H2,43,45,46,51);2*(H,6,7). The van der Waals surface area contributed by atoms with Crippen molar-refractivity contribution >= 4 is 63.2 Å². The SMILES string of the molecule is CC(C)(C)c1cc(NC(=O)Nc2ccc3oc(C(=O)c4cc5c(CN6CCCCC6)c(OC(=O)N6CCC(N7CCCCC7)CC6)ccc5[nH]4)cc3c2)no1.O=C(O)C(F)(F)F.O=C(O)C(F)(F)F. The van der Waals surface area contributed by atoms with Crippen molar-refractivity contribution in [1.82, 2.24) is 24.8 Å². The average Bonchev–Trinajstić information content (AvgIpc) is 4.07. The van der Waals surface area contributed by atoms with Gasteiger partial charge >= 0.3 is 36.4 Å². The van der Waals surface area contributed by atoms with Gasteiger partial charge in [-0.25, -0.2) is 19.2 Å². The van der Waals surface area contributed by atoms with Gasteiger partial charge in [0.2, 0.25) is 5.78 Å². The van der Waals surface area contributed by atoms with Gasteiger partial charge < -0.3 is 44.0 Å². The molecule has 0 saturated carbocycles. The lowest BCUT2D eigenvalue weighted by Crippen LogP contribution is -2.48. The molecule has 3 aromatic heterocycles. The highest BCUT2D eigenvalue weighted by molar-refractivity contribution is 6.11. The summed E-state index contributed by atoms with van der Waals surface area (Å²) in [6.07, 6.45) is -1.24. The number of H-pyrrole nitrogens is 1. The maximum atomic E-state index is 13.9. The predicted molar refractivity (Wildman–Crippen MR) is 238 cm³/mol. The Morgan fingerprint density at radius 3 is 1.97 bits per heavy atom. The van der Waals surface area contributed by atoms with Crippen LogP contribution >= 0.6 is 0 Å². The zero-order valence-corrected chi connectivity index (χ0v) is 38.0. The van der Waals surface area contributed by atoms with E-state index in [2.05, 4.69) is 30.6 Å². The van der Waals surface area contributed by atoms with Crippen molar-refractivity contribution in [1.29, 1.82) is 0 Å². The minimum atomic E-state index is -5.08. The number of rotatable bonds is 8. The number of ether oxygens (including phenoxy) is 1. The van der Waals surface area contributed by atoms with E-state index in [1.54, 1.807) is 30.3 Å². The third kappa shape index (κ3) is 14.0. The molecule has 0 atom stereocenters. The van der Waals surface area contributed by atoms with Crippen molar-refractivity contribution in [3.8, 4) is 5.75 Å². The first-order chi connectivity index (χ1) is 32.5. The van der Waals surface area contributed by atoms with Crippen molar-refractivity contribution in [3.05, 3.63) is 71.3 Å². The molecule has 0 unspecified atom stereocenters. The van der Waals surface area contributed by atoms with Crippen molar-refractivity contribution in [2.75, 3.05) is 49.9 Å². The maximum absolute atomic E-state index is 13.9. The smallest absolute Gasteiger partial charge is 0.475 e. The number of alkyl halides is 6. The lowest BCUT2D eigenvalue weighted by Gasteiger charge is -2.39. The van der Waals surface area contributed by atoms with Gasteiger partial charge in [0.1, 0.15) is 17.1 Å². The Balaban J connectivity index is 0.000000489. The van der Waals surface area contributed by atoms with E-state index in [-0.39, 0.29) is 23.1 Å². The molecule has 3 saturated heterocycles. The van der Waals surface area contributed by atoms with Crippen LogP contribution < -0.4 is 15.4 Å². The maximum Gasteiger partial charge on any atom is 0.490 e. The Hall–Kier alpha value is -6.62. The second-order valence-electron chi connectivity index (χ2n) is 17.9. The van der Waals surface area contributed by atoms with Crippen LogP contribution in [-0.2, 0) is 21.5 Å². The molecule has 3 amide bonds. The number of urea groups is 1. The number of ketones is 1. The molecule has 69 heavy (non-hydrogen) atoms. The number of halogens is 6. The van der Waals surface area contributed by atoms with E-state index in [0.29, 0.717) is 65.4 Å². The van der Waals surface area contributed by atoms with E-state index in [1.165, 1.54) is 25.7 Å². The number of anilines is 2. The summed E-state index contributed by atoms with van der Waals surface area (Å²) in [4.78, 5) is 68.2. The van der Waals surface area contributed by atoms with E-state index >= 15 is 0 Å². The number of aromatic nitrogens is 2. The summed E-state index contributed by atoms with van der Waals surface area (Å²) >= 11 is 0. The number of nitrogens with one attached hydrogen (secondary N) is 3. The number of carboxylic acids is 2. The van der Waals surface area contributed by atoms with E-state index in [0.717, 1.165) is 68.3 Å². The molecule has 3 fully saturated rings. The number of piperidine rings is 3. The normalized spacial score (nSPS) is 16.5. The second-order valence-corrected chi connectivity index (χ2v) is 17.9. The monoisotopic (exact) mass is 977 g/mol. The van der Waals surface area contributed by atoms with Gasteiger partial charge in [0.05, 0.1) is 5.69 Å². The summed E-state index contributed by atoms with van der Waals surface area (Å²) < 4.78 is 81.0. The van der Waals surface area contributed by atoms with Gasteiger partial charge in [-0.05, 0) is 107 Å². The molecule has 5 N–H and O–H groups in total. The molecule has 5 aromatic rings. The highest BCUT2D eigenvalue weighted by Crippen LogP contribution is 2.34. The van der Waals surface area contributed by atoms with Gasteiger partial charge in [-0.15, -0.1) is 0 Å². The van der Waals surface area contributed by atoms with Crippen LogP contribution in [0.2, 0.25) is 0 Å². The fourth-order valence-electron chi connectivity index (χ4n) is 8.15. The quantitative estimate of drug-likeness (QED) is 0.0722. The van der Waals surface area contributed by atoms with Crippen LogP contribution in [0.1, 0.15) is 99.7 Å². The summed E-state index contributed by atoms with van der Waals surface area (Å²) in [6.45, 7) is 12.3. The fraction of sp³-hybridized carbons (Fsp3) is 0.478. The summed E-state index contributed by atoms with van der Waals surface area (Å²) in [5, 5.41) is 25.2. The topological polar surface area (TPSA) is 224 Å². The molecule has 6 heterocycles. The number of benzene rings is 2. The average molecular weight is 978 g/mol. The molecular formula is C46H53F6N7O10. The van der Waals surface area contributed by atoms with Crippen molar-refractivity contribution < 1.29 is 74.2 Å². The number of fused-ring (bicyclic) bond motifs is 2. The molecule has 8 rings (SSSR count). The number of amides is 3.